The van der Waals surface area contributed by atoms with Crippen LogP contribution in [-0.2, 0) is 0 Å². The van der Waals surface area contributed by atoms with Crippen molar-refractivity contribution < 1.29 is 0 Å². The molecule has 0 unspecified atom stereocenters. The van der Waals surface area contributed by atoms with Crippen LogP contribution in [-0.4, -0.2) is 37.1 Å². The van der Waals surface area contributed by atoms with Crippen LogP contribution in [0, 0.1) is 12.3 Å². The monoisotopic (exact) mass is 236 g/mol. The lowest BCUT2D eigenvalue weighted by atomic mass is 9.93. The van der Waals surface area contributed by atoms with Gasteiger partial charge in [-0.2, -0.15) is 0 Å². The van der Waals surface area contributed by atoms with Crippen LogP contribution in [0.2, 0.25) is 0 Å². The van der Waals surface area contributed by atoms with Crippen LogP contribution >= 0.6 is 0 Å². The van der Waals surface area contributed by atoms with Crippen molar-refractivity contribution in [3.05, 3.63) is 17.8 Å². The second-order valence-corrected chi connectivity index (χ2v) is 5.63. The normalized spacial score (nSPS) is 11.9. The number of hydrogen-bond donors (Lipinski definition) is 2. The highest BCUT2D eigenvalue weighted by atomic mass is 15.1. The molecule has 17 heavy (non-hydrogen) atoms. The predicted molar refractivity (Wildman–Crippen MR) is 74.2 cm³/mol. The first-order valence-corrected chi connectivity index (χ1v) is 5.92. The molecule has 0 aromatic carbocycles. The lowest BCUT2D eigenvalue weighted by molar-refractivity contribution is 0.254. The Morgan fingerprint density at radius 2 is 2.00 bits per heavy atom. The Bertz CT molecular complexity index is 372. The molecule has 0 saturated heterocycles. The smallest absolute Gasteiger partial charge is 0.126 e. The zero-order valence-electron chi connectivity index (χ0n) is 11.5. The lowest BCUT2D eigenvalue weighted by Crippen LogP contribution is -2.34. The topological polar surface area (TPSA) is 54.2 Å². The van der Waals surface area contributed by atoms with E-state index in [9.17, 15) is 0 Å². The van der Waals surface area contributed by atoms with Crippen molar-refractivity contribution in [3.8, 4) is 0 Å². The van der Waals surface area contributed by atoms with E-state index >= 15 is 0 Å². The van der Waals surface area contributed by atoms with E-state index in [1.165, 1.54) is 0 Å². The molecule has 1 rings (SSSR count). The largest absolute Gasteiger partial charge is 0.397 e. The van der Waals surface area contributed by atoms with E-state index in [2.05, 4.69) is 43.1 Å². The van der Waals surface area contributed by atoms with Gasteiger partial charge in [0.05, 0.1) is 11.4 Å². The van der Waals surface area contributed by atoms with Gasteiger partial charge in [-0.05, 0) is 38.6 Å². The second-order valence-electron chi connectivity index (χ2n) is 5.63. The molecule has 0 aliphatic rings. The van der Waals surface area contributed by atoms with Crippen molar-refractivity contribution in [3.63, 3.8) is 0 Å². The molecule has 0 amide bonds. The maximum atomic E-state index is 5.74. The molecule has 3 N–H and O–H groups in total. The highest BCUT2D eigenvalue weighted by Gasteiger charge is 2.18. The summed E-state index contributed by atoms with van der Waals surface area (Å²) in [5.74, 6) is 0.892. The van der Waals surface area contributed by atoms with Crippen LogP contribution in [0.5, 0.6) is 0 Å². The number of aromatic nitrogens is 1. The van der Waals surface area contributed by atoms with Crippen LogP contribution < -0.4 is 11.1 Å². The first kappa shape index (κ1) is 13.8. The van der Waals surface area contributed by atoms with Gasteiger partial charge < -0.3 is 16.0 Å². The van der Waals surface area contributed by atoms with Crippen molar-refractivity contribution >= 4 is 11.5 Å². The number of nitrogens with one attached hydrogen (secondary N) is 1. The zero-order chi connectivity index (χ0) is 13.1. The summed E-state index contributed by atoms with van der Waals surface area (Å²) in [5.41, 5.74) is 7.56. The number of rotatable bonds is 5. The summed E-state index contributed by atoms with van der Waals surface area (Å²) in [7, 11) is 4.18. The molecular weight excluding hydrogens is 212 g/mol. The third-order valence-electron chi connectivity index (χ3n) is 2.62. The van der Waals surface area contributed by atoms with Gasteiger partial charge in [0.25, 0.3) is 0 Å². The summed E-state index contributed by atoms with van der Waals surface area (Å²) in [4.78, 5) is 6.60. The minimum absolute atomic E-state index is 0.209. The minimum atomic E-state index is 0.209. The van der Waals surface area contributed by atoms with Crippen molar-refractivity contribution in [1.82, 2.24) is 9.88 Å². The van der Waals surface area contributed by atoms with Gasteiger partial charge in [0.2, 0.25) is 0 Å². The molecule has 1 heterocycles. The maximum Gasteiger partial charge on any atom is 0.126 e. The van der Waals surface area contributed by atoms with E-state index in [0.717, 1.165) is 30.3 Å². The van der Waals surface area contributed by atoms with E-state index in [1.54, 1.807) is 0 Å². The molecule has 0 bridgehead atoms. The third-order valence-corrected chi connectivity index (χ3v) is 2.62. The quantitative estimate of drug-likeness (QED) is 0.820. The number of hydrogen-bond acceptors (Lipinski definition) is 4. The fourth-order valence-electron chi connectivity index (χ4n) is 1.91. The summed E-state index contributed by atoms with van der Waals surface area (Å²) < 4.78 is 0. The predicted octanol–water partition coefficient (Wildman–Crippen LogP) is 1.97. The van der Waals surface area contributed by atoms with Crippen LogP contribution in [0.15, 0.2) is 12.1 Å². The molecule has 0 fully saturated rings. The van der Waals surface area contributed by atoms with E-state index in [4.69, 9.17) is 5.73 Å². The molecule has 0 atom stereocenters. The van der Waals surface area contributed by atoms with Gasteiger partial charge in [0.15, 0.2) is 0 Å². The van der Waals surface area contributed by atoms with Crippen LogP contribution in [0.25, 0.3) is 0 Å². The molecule has 0 spiro atoms. The molecule has 0 aliphatic carbocycles. The third kappa shape index (κ3) is 4.61. The lowest BCUT2D eigenvalue weighted by Gasteiger charge is -2.28. The minimum Gasteiger partial charge on any atom is -0.397 e. The number of nitrogens with two attached hydrogens (primary N) is 1. The highest BCUT2D eigenvalue weighted by molar-refractivity contribution is 5.49. The molecule has 4 heteroatoms. The number of nitrogen functional groups attached to an aromatic ring is 1. The number of anilines is 2. The molecule has 0 radical (unpaired) electrons. The second kappa shape index (κ2) is 5.36. The van der Waals surface area contributed by atoms with E-state index < -0.39 is 0 Å². The number of pyridine rings is 1. The summed E-state index contributed by atoms with van der Waals surface area (Å²) in [6.45, 7) is 8.33. The molecule has 1 aromatic rings. The van der Waals surface area contributed by atoms with Crippen molar-refractivity contribution in [2.75, 3.05) is 38.2 Å². The van der Waals surface area contributed by atoms with Gasteiger partial charge in [-0.25, -0.2) is 4.98 Å². The Morgan fingerprint density at radius 3 is 2.53 bits per heavy atom. The maximum absolute atomic E-state index is 5.74. The zero-order valence-corrected chi connectivity index (χ0v) is 11.5. The number of aryl methyl sites for hydroxylation is 1. The first-order chi connectivity index (χ1) is 7.80. The molecular formula is C13H24N4. The first-order valence-electron chi connectivity index (χ1n) is 5.92. The summed E-state index contributed by atoms with van der Waals surface area (Å²) in [6.07, 6.45) is 0. The average Bonchev–Trinajstić information content (AvgIpc) is 2.18. The van der Waals surface area contributed by atoms with Crippen LogP contribution in [0.1, 0.15) is 19.5 Å². The van der Waals surface area contributed by atoms with Gasteiger partial charge in [-0.3, -0.25) is 0 Å². The van der Waals surface area contributed by atoms with Crippen LogP contribution in [0.3, 0.4) is 0 Å². The number of nitrogens with zero attached hydrogens (tertiary/aromatic N) is 2. The Balaban J connectivity index is 2.58. The Labute approximate surface area is 104 Å². The average molecular weight is 236 g/mol. The molecule has 0 aliphatic heterocycles. The summed E-state index contributed by atoms with van der Waals surface area (Å²) in [6, 6.07) is 3.82. The summed E-state index contributed by atoms with van der Waals surface area (Å²) in [5, 5.41) is 3.36. The van der Waals surface area contributed by atoms with E-state index in [1.807, 2.05) is 19.1 Å². The van der Waals surface area contributed by atoms with Gasteiger partial charge in [0.1, 0.15) is 5.82 Å². The van der Waals surface area contributed by atoms with Gasteiger partial charge >= 0.3 is 0 Å². The summed E-state index contributed by atoms with van der Waals surface area (Å²) >= 11 is 0. The Kier molecular flexibility index (Phi) is 4.34. The van der Waals surface area contributed by atoms with E-state index in [0.29, 0.717) is 0 Å². The Hall–Kier alpha value is -1.29. The molecule has 0 saturated carbocycles. The Morgan fingerprint density at radius 1 is 1.35 bits per heavy atom. The van der Waals surface area contributed by atoms with Gasteiger partial charge in [-0.15, -0.1) is 0 Å². The van der Waals surface area contributed by atoms with Gasteiger partial charge in [0, 0.05) is 13.1 Å². The van der Waals surface area contributed by atoms with Gasteiger partial charge in [-0.1, -0.05) is 13.8 Å². The standard InChI is InChI=1S/C13H24N4/c1-10-11(14)6-7-12(16-10)15-8-13(2,3)9-17(4)5/h6-7H,8-9,14H2,1-5H3,(H,15,16). The van der Waals surface area contributed by atoms with Crippen molar-refractivity contribution in [2.45, 2.75) is 20.8 Å². The molecule has 4 nitrogen and oxygen atoms in total. The van der Waals surface area contributed by atoms with Crippen molar-refractivity contribution in [2.24, 2.45) is 5.41 Å². The van der Waals surface area contributed by atoms with Crippen LogP contribution in [0.4, 0.5) is 11.5 Å². The highest BCUT2D eigenvalue weighted by Crippen LogP contribution is 2.18. The SMILES string of the molecule is Cc1nc(NCC(C)(C)CN(C)C)ccc1N. The van der Waals surface area contributed by atoms with Crippen molar-refractivity contribution in [1.29, 1.82) is 0 Å². The fourth-order valence-corrected chi connectivity index (χ4v) is 1.91. The van der Waals surface area contributed by atoms with E-state index in [-0.39, 0.29) is 5.41 Å². The molecule has 1 aromatic heterocycles. The molecule has 96 valence electrons. The fraction of sp³-hybridized carbons (Fsp3) is 0.615.